The zero-order valence-electron chi connectivity index (χ0n) is 16.7. The zero-order valence-corrected chi connectivity index (χ0v) is 17.5. The van der Waals surface area contributed by atoms with Crippen LogP contribution in [-0.4, -0.2) is 33.1 Å². The molecule has 6 nitrogen and oxygen atoms in total. The standard InChI is InChI=1S/C21H28N2O4S/c1-5-27-20(24)18-12-9-13-19(14-18)28(25,26)22-15-21(3,4)23-16(2)17-10-7-6-8-11-17/h6-14,16,22-23H,5,15H2,1-4H3. The van der Waals surface area contributed by atoms with E-state index in [9.17, 15) is 13.2 Å². The maximum atomic E-state index is 12.7. The first-order valence-corrected chi connectivity index (χ1v) is 10.7. The number of ether oxygens (including phenoxy) is 1. The maximum absolute atomic E-state index is 12.7. The van der Waals surface area contributed by atoms with Gasteiger partial charge in [0.1, 0.15) is 0 Å². The highest BCUT2D eigenvalue weighted by Crippen LogP contribution is 2.17. The topological polar surface area (TPSA) is 84.5 Å². The summed E-state index contributed by atoms with van der Waals surface area (Å²) in [7, 11) is -3.76. The number of benzene rings is 2. The number of hydrogen-bond acceptors (Lipinski definition) is 5. The maximum Gasteiger partial charge on any atom is 0.338 e. The number of carbonyl (C=O) groups is 1. The monoisotopic (exact) mass is 404 g/mol. The fraction of sp³-hybridized carbons (Fsp3) is 0.381. The highest BCUT2D eigenvalue weighted by atomic mass is 32.2. The summed E-state index contributed by atoms with van der Waals surface area (Å²) in [4.78, 5) is 11.9. The zero-order chi connectivity index (χ0) is 20.8. The SMILES string of the molecule is CCOC(=O)c1cccc(S(=O)(=O)NCC(C)(C)NC(C)c2ccccc2)c1. The minimum Gasteiger partial charge on any atom is -0.462 e. The van der Waals surface area contributed by atoms with Crippen LogP contribution in [0.5, 0.6) is 0 Å². The molecule has 0 bridgehead atoms. The van der Waals surface area contributed by atoms with Crippen molar-refractivity contribution in [1.82, 2.24) is 10.0 Å². The van der Waals surface area contributed by atoms with Crippen LogP contribution in [-0.2, 0) is 14.8 Å². The molecule has 2 rings (SSSR count). The van der Waals surface area contributed by atoms with Crippen molar-refractivity contribution in [2.45, 2.75) is 44.2 Å². The lowest BCUT2D eigenvalue weighted by Gasteiger charge is -2.30. The van der Waals surface area contributed by atoms with Gasteiger partial charge in [0.25, 0.3) is 0 Å². The first-order valence-electron chi connectivity index (χ1n) is 9.24. The van der Waals surface area contributed by atoms with E-state index in [1.165, 1.54) is 24.3 Å². The Hall–Kier alpha value is -2.22. The summed E-state index contributed by atoms with van der Waals surface area (Å²) >= 11 is 0. The van der Waals surface area contributed by atoms with Gasteiger partial charge in [0.2, 0.25) is 10.0 Å². The van der Waals surface area contributed by atoms with Gasteiger partial charge in [0.05, 0.1) is 17.1 Å². The van der Waals surface area contributed by atoms with Crippen molar-refractivity contribution >= 4 is 16.0 Å². The summed E-state index contributed by atoms with van der Waals surface area (Å²) in [5.74, 6) is -0.543. The number of carbonyl (C=O) groups excluding carboxylic acids is 1. The van der Waals surface area contributed by atoms with Gasteiger partial charge < -0.3 is 10.1 Å². The third-order valence-corrected chi connectivity index (χ3v) is 5.67. The number of nitrogens with one attached hydrogen (secondary N) is 2. The summed E-state index contributed by atoms with van der Waals surface area (Å²) in [5, 5.41) is 3.44. The van der Waals surface area contributed by atoms with Crippen molar-refractivity contribution in [1.29, 1.82) is 0 Å². The lowest BCUT2D eigenvalue weighted by molar-refractivity contribution is 0.0526. The Labute approximate surface area is 167 Å². The molecule has 1 atom stereocenters. The fourth-order valence-electron chi connectivity index (χ4n) is 2.83. The Bertz CT molecular complexity index is 896. The van der Waals surface area contributed by atoms with Crippen molar-refractivity contribution in [2.24, 2.45) is 0 Å². The fourth-order valence-corrected chi connectivity index (χ4v) is 4.08. The number of rotatable bonds is 9. The van der Waals surface area contributed by atoms with E-state index in [1.54, 1.807) is 6.92 Å². The van der Waals surface area contributed by atoms with E-state index < -0.39 is 21.5 Å². The lowest BCUT2D eigenvalue weighted by atomic mass is 10.0. The first kappa shape index (κ1) is 22.1. The average molecular weight is 405 g/mol. The summed E-state index contributed by atoms with van der Waals surface area (Å²) in [5.41, 5.74) is 0.849. The normalized spacial score (nSPS) is 13.1. The van der Waals surface area contributed by atoms with Gasteiger partial charge in [-0.05, 0) is 51.5 Å². The molecular formula is C21H28N2O4S. The van der Waals surface area contributed by atoms with Gasteiger partial charge in [0.15, 0.2) is 0 Å². The Morgan fingerprint density at radius 1 is 1.11 bits per heavy atom. The van der Waals surface area contributed by atoms with E-state index in [4.69, 9.17) is 4.74 Å². The van der Waals surface area contributed by atoms with E-state index >= 15 is 0 Å². The molecule has 0 aromatic heterocycles. The molecule has 0 saturated carbocycles. The Morgan fingerprint density at radius 3 is 2.43 bits per heavy atom. The highest BCUT2D eigenvalue weighted by molar-refractivity contribution is 7.89. The second-order valence-electron chi connectivity index (χ2n) is 7.23. The highest BCUT2D eigenvalue weighted by Gasteiger charge is 2.24. The van der Waals surface area contributed by atoms with Crippen LogP contribution in [0.3, 0.4) is 0 Å². The van der Waals surface area contributed by atoms with Gasteiger partial charge in [-0.1, -0.05) is 36.4 Å². The first-order chi connectivity index (χ1) is 13.1. The van der Waals surface area contributed by atoms with Crippen LogP contribution in [0.1, 0.15) is 49.7 Å². The van der Waals surface area contributed by atoms with Crippen molar-refractivity contribution in [3.8, 4) is 0 Å². The van der Waals surface area contributed by atoms with Crippen LogP contribution in [0.2, 0.25) is 0 Å². The van der Waals surface area contributed by atoms with Gasteiger partial charge in [0, 0.05) is 18.1 Å². The van der Waals surface area contributed by atoms with Crippen LogP contribution in [0.25, 0.3) is 0 Å². The predicted molar refractivity (Wildman–Crippen MR) is 110 cm³/mol. The van der Waals surface area contributed by atoms with Gasteiger partial charge in [-0.15, -0.1) is 0 Å². The van der Waals surface area contributed by atoms with Crippen molar-refractivity contribution in [3.05, 3.63) is 65.7 Å². The molecule has 2 aromatic carbocycles. The molecule has 7 heteroatoms. The third-order valence-electron chi connectivity index (χ3n) is 4.27. The van der Waals surface area contributed by atoms with E-state index in [1.807, 2.05) is 51.1 Å². The average Bonchev–Trinajstić information content (AvgIpc) is 2.67. The van der Waals surface area contributed by atoms with E-state index in [0.29, 0.717) is 0 Å². The van der Waals surface area contributed by atoms with Gasteiger partial charge in [-0.2, -0.15) is 0 Å². The smallest absolute Gasteiger partial charge is 0.338 e. The molecule has 0 amide bonds. The van der Waals surface area contributed by atoms with Gasteiger partial charge in [-0.25, -0.2) is 17.9 Å². The molecule has 0 radical (unpaired) electrons. The molecule has 1 unspecified atom stereocenters. The molecule has 0 aliphatic carbocycles. The number of esters is 1. The lowest BCUT2D eigenvalue weighted by Crippen LogP contribution is -2.49. The van der Waals surface area contributed by atoms with E-state index in [2.05, 4.69) is 10.0 Å². The van der Waals surface area contributed by atoms with Gasteiger partial charge in [-0.3, -0.25) is 0 Å². The second-order valence-corrected chi connectivity index (χ2v) is 9.00. The van der Waals surface area contributed by atoms with Crippen molar-refractivity contribution in [3.63, 3.8) is 0 Å². The molecule has 0 aliphatic rings. The Kier molecular flexibility index (Phi) is 7.35. The molecular weight excluding hydrogens is 376 g/mol. The van der Waals surface area contributed by atoms with Crippen LogP contribution < -0.4 is 10.0 Å². The Balaban J connectivity index is 2.05. The van der Waals surface area contributed by atoms with Crippen LogP contribution >= 0.6 is 0 Å². The molecule has 0 spiro atoms. The van der Waals surface area contributed by atoms with Crippen molar-refractivity contribution < 1.29 is 17.9 Å². The quantitative estimate of drug-likeness (QED) is 0.627. The molecule has 0 saturated heterocycles. The van der Waals surface area contributed by atoms with Crippen LogP contribution in [0, 0.1) is 0 Å². The molecule has 2 aromatic rings. The van der Waals surface area contributed by atoms with Crippen molar-refractivity contribution in [2.75, 3.05) is 13.2 Å². The van der Waals surface area contributed by atoms with Crippen LogP contribution in [0.4, 0.5) is 0 Å². The molecule has 0 aliphatic heterocycles. The molecule has 2 N–H and O–H groups in total. The Morgan fingerprint density at radius 2 is 1.79 bits per heavy atom. The number of hydrogen-bond donors (Lipinski definition) is 2. The number of sulfonamides is 1. The van der Waals surface area contributed by atoms with E-state index in [-0.39, 0.29) is 29.7 Å². The molecule has 28 heavy (non-hydrogen) atoms. The van der Waals surface area contributed by atoms with Gasteiger partial charge >= 0.3 is 5.97 Å². The summed E-state index contributed by atoms with van der Waals surface area (Å²) < 4.78 is 32.9. The third kappa shape index (κ3) is 6.15. The molecule has 152 valence electrons. The predicted octanol–water partition coefficient (Wildman–Crippen LogP) is 3.27. The molecule has 0 heterocycles. The summed E-state index contributed by atoms with van der Waals surface area (Å²) in [6, 6.07) is 15.9. The van der Waals surface area contributed by atoms with Crippen LogP contribution in [0.15, 0.2) is 59.5 Å². The molecule has 0 fully saturated rings. The second kappa shape index (κ2) is 9.32. The minimum absolute atomic E-state index is 0.0324. The minimum atomic E-state index is -3.76. The largest absolute Gasteiger partial charge is 0.462 e. The van der Waals surface area contributed by atoms with E-state index in [0.717, 1.165) is 5.56 Å². The summed E-state index contributed by atoms with van der Waals surface area (Å²) in [6.45, 7) is 8.03. The summed E-state index contributed by atoms with van der Waals surface area (Å²) in [6.07, 6.45) is 0.